The first kappa shape index (κ1) is 30.1. The number of hydrogen-bond donors (Lipinski definition) is 0. The molecule has 0 radical (unpaired) electrons. The van der Waals surface area contributed by atoms with E-state index < -0.39 is 0 Å². The molecule has 1 aliphatic rings. The molecule has 0 spiro atoms. The molecule has 4 aromatic carbocycles. The van der Waals surface area contributed by atoms with Crippen molar-refractivity contribution in [2.24, 2.45) is 0 Å². The van der Waals surface area contributed by atoms with E-state index in [9.17, 15) is 0 Å². The van der Waals surface area contributed by atoms with Crippen molar-refractivity contribution in [1.29, 1.82) is 0 Å². The summed E-state index contributed by atoms with van der Waals surface area (Å²) in [6.07, 6.45) is -1.32. The molecule has 41 heavy (non-hydrogen) atoms. The Balaban J connectivity index is 1.38. The fourth-order valence-electron chi connectivity index (χ4n) is 5.12. The standard InChI is InChI=1S/C35H37O5.Hg/c1-27-33(37-23-29-16-8-3-9-17-29)35(39-25-31-20-12-5-13-21-31)34(38-24-30-18-10-4-11-19-30)32(40-27)26-36-22-28-14-6-2-7-15-28;/h2-21,27,32-35H,1,22-26H2;/q;+1/t27-,32-,33-,34-,35-;/m1./s1. The maximum atomic E-state index is 6.75. The molecule has 1 heterocycles. The minimum atomic E-state index is -0.369. The summed E-state index contributed by atoms with van der Waals surface area (Å²) in [7, 11) is 0. The zero-order valence-electron chi connectivity index (χ0n) is 23.4. The summed E-state index contributed by atoms with van der Waals surface area (Å²) in [5.74, 6) is 0. The third kappa shape index (κ3) is 9.05. The molecule has 6 heteroatoms. The van der Waals surface area contributed by atoms with Crippen LogP contribution < -0.4 is 0 Å². The molecule has 0 bridgehead atoms. The van der Waals surface area contributed by atoms with Crippen molar-refractivity contribution in [3.8, 4) is 0 Å². The fourth-order valence-corrected chi connectivity index (χ4v) is 6.92. The van der Waals surface area contributed by atoms with Crippen LogP contribution in [0.1, 0.15) is 22.3 Å². The first-order valence-corrected chi connectivity index (χ1v) is 18.2. The van der Waals surface area contributed by atoms with Gasteiger partial charge in [-0.1, -0.05) is 0 Å². The summed E-state index contributed by atoms with van der Waals surface area (Å²) in [5.41, 5.74) is 4.48. The molecule has 0 aromatic heterocycles. The summed E-state index contributed by atoms with van der Waals surface area (Å²) in [6.45, 7) is 2.35. The molecule has 1 saturated heterocycles. The van der Waals surface area contributed by atoms with Gasteiger partial charge in [-0.05, 0) is 0 Å². The fraction of sp³-hybridized carbons (Fsp3) is 0.314. The molecular weight excluding hydrogens is 701 g/mol. The predicted octanol–water partition coefficient (Wildman–Crippen LogP) is 6.69. The van der Waals surface area contributed by atoms with Gasteiger partial charge >= 0.3 is 261 Å². The predicted molar refractivity (Wildman–Crippen MR) is 155 cm³/mol. The van der Waals surface area contributed by atoms with Gasteiger partial charge in [-0.3, -0.25) is 0 Å². The molecule has 5 nitrogen and oxygen atoms in total. The Labute approximate surface area is 259 Å². The van der Waals surface area contributed by atoms with Gasteiger partial charge in [0.1, 0.15) is 0 Å². The molecule has 0 amide bonds. The number of ether oxygens (including phenoxy) is 5. The Kier molecular flexibility index (Phi) is 12.0. The Morgan fingerprint density at radius 3 is 1.24 bits per heavy atom. The number of benzene rings is 4. The van der Waals surface area contributed by atoms with E-state index in [-0.39, 0.29) is 30.5 Å². The van der Waals surface area contributed by atoms with Gasteiger partial charge in [-0.25, -0.2) is 0 Å². The molecule has 1 fully saturated rings. The molecule has 5 atom stereocenters. The Morgan fingerprint density at radius 1 is 0.463 bits per heavy atom. The van der Waals surface area contributed by atoms with Gasteiger partial charge in [0.2, 0.25) is 0 Å². The second-order valence-electron chi connectivity index (χ2n) is 10.3. The summed E-state index contributed by atoms with van der Waals surface area (Å²) in [4.78, 5) is 0. The average molecular weight is 738 g/mol. The van der Waals surface area contributed by atoms with Crippen molar-refractivity contribution >= 4 is 0 Å². The normalized spacial score (nSPS) is 22.4. The van der Waals surface area contributed by atoms with Gasteiger partial charge in [0, 0.05) is 0 Å². The third-order valence-electron chi connectivity index (χ3n) is 7.26. The van der Waals surface area contributed by atoms with Crippen molar-refractivity contribution in [3.63, 3.8) is 0 Å². The summed E-state index contributed by atoms with van der Waals surface area (Å²) >= 11 is 0.515. The van der Waals surface area contributed by atoms with Gasteiger partial charge in [-0.15, -0.1) is 0 Å². The topological polar surface area (TPSA) is 46.2 Å². The second kappa shape index (κ2) is 16.3. The Bertz CT molecular complexity index is 1260. The Morgan fingerprint density at radius 2 is 0.829 bits per heavy atom. The molecule has 0 N–H and O–H groups in total. The van der Waals surface area contributed by atoms with E-state index in [1.165, 1.54) is 0 Å². The SMILES string of the molecule is [Hg+][CH2][C@H]1O[C@H](COCc2ccccc2)[C@@H](OCc2ccccc2)[C@H](OCc2ccccc2)[C@@H]1OCc1ccccc1. The average Bonchev–Trinajstić information content (AvgIpc) is 3.04. The van der Waals surface area contributed by atoms with E-state index >= 15 is 0 Å². The van der Waals surface area contributed by atoms with Gasteiger partial charge in [0.05, 0.1) is 0 Å². The van der Waals surface area contributed by atoms with Gasteiger partial charge < -0.3 is 0 Å². The van der Waals surface area contributed by atoms with Crippen molar-refractivity contribution in [2.45, 2.75) is 60.9 Å². The molecule has 0 unspecified atom stereocenters. The first-order chi connectivity index (χ1) is 20.3. The van der Waals surface area contributed by atoms with Crippen LogP contribution in [-0.4, -0.2) is 37.1 Å². The zero-order chi connectivity index (χ0) is 28.1. The summed E-state index contributed by atoms with van der Waals surface area (Å²) in [5, 5.41) is 0. The van der Waals surface area contributed by atoms with Crippen LogP contribution in [0.4, 0.5) is 0 Å². The first-order valence-electron chi connectivity index (χ1n) is 14.3. The number of rotatable bonds is 14. The summed E-state index contributed by atoms with van der Waals surface area (Å²) < 4.78 is 34.0. The van der Waals surface area contributed by atoms with E-state index in [1.807, 2.05) is 72.8 Å². The van der Waals surface area contributed by atoms with E-state index in [2.05, 4.69) is 48.5 Å². The van der Waals surface area contributed by atoms with Crippen LogP contribution in [0, 0.1) is 0 Å². The molecule has 208 valence electrons. The van der Waals surface area contributed by atoms with Gasteiger partial charge in [0.25, 0.3) is 0 Å². The van der Waals surface area contributed by atoms with E-state index in [0.717, 1.165) is 26.2 Å². The monoisotopic (exact) mass is 739 g/mol. The minimum absolute atomic E-state index is 0.0790. The molecular formula is C35H37HgO5+. The van der Waals surface area contributed by atoms with Crippen LogP contribution in [-0.2, 0) is 76.2 Å². The summed E-state index contributed by atoms with van der Waals surface area (Å²) in [6, 6.07) is 41.0. The number of hydrogen-bond acceptors (Lipinski definition) is 5. The van der Waals surface area contributed by atoms with Crippen LogP contribution in [0.2, 0.25) is 3.93 Å². The van der Waals surface area contributed by atoms with Gasteiger partial charge in [0.15, 0.2) is 0 Å². The third-order valence-corrected chi connectivity index (χ3v) is 9.48. The van der Waals surface area contributed by atoms with E-state index in [0.29, 0.717) is 59.2 Å². The van der Waals surface area contributed by atoms with Crippen LogP contribution in [0.5, 0.6) is 0 Å². The van der Waals surface area contributed by atoms with Crippen molar-refractivity contribution in [3.05, 3.63) is 144 Å². The van der Waals surface area contributed by atoms with Gasteiger partial charge in [-0.2, -0.15) is 0 Å². The molecule has 4 aromatic rings. The second-order valence-corrected chi connectivity index (χ2v) is 12.5. The van der Waals surface area contributed by atoms with Crippen molar-refractivity contribution in [1.82, 2.24) is 0 Å². The molecule has 5 rings (SSSR count). The maximum absolute atomic E-state index is 6.75. The van der Waals surface area contributed by atoms with Crippen molar-refractivity contribution in [2.75, 3.05) is 6.61 Å². The molecule has 1 aliphatic heterocycles. The Hall–Kier alpha value is -2.38. The van der Waals surface area contributed by atoms with Crippen LogP contribution in [0.3, 0.4) is 0 Å². The van der Waals surface area contributed by atoms with Crippen LogP contribution >= 0.6 is 0 Å². The van der Waals surface area contributed by atoms with E-state index in [1.54, 1.807) is 0 Å². The van der Waals surface area contributed by atoms with Crippen LogP contribution in [0.25, 0.3) is 0 Å². The van der Waals surface area contributed by atoms with Crippen LogP contribution in [0.15, 0.2) is 121 Å². The van der Waals surface area contributed by atoms with E-state index in [4.69, 9.17) is 23.7 Å². The zero-order valence-corrected chi connectivity index (χ0v) is 28.9. The molecule has 0 aliphatic carbocycles. The molecule has 0 saturated carbocycles. The van der Waals surface area contributed by atoms with Crippen molar-refractivity contribution < 1.29 is 49.8 Å². The quantitative estimate of drug-likeness (QED) is 0.135.